The standard InChI is InChI=1S/C18H20N2O5/c1-2-3-4-6-17(21)16(18(22)25-12-5-11-19)13-14-7-9-15(10-8-14)20(23)24/h7-10,13H,2-6,12H2,1H3/b16-13-. The number of nitro benzene ring substituents is 1. The van der Waals surface area contributed by atoms with E-state index in [1.165, 1.54) is 30.3 Å². The van der Waals surface area contributed by atoms with E-state index in [9.17, 15) is 19.7 Å². The normalized spacial score (nSPS) is 10.8. The number of carbonyl (C=O) groups excluding carboxylic acids is 2. The number of nitrogens with zero attached hydrogens (tertiary/aromatic N) is 2. The topological polar surface area (TPSA) is 110 Å². The van der Waals surface area contributed by atoms with Crippen LogP contribution in [0.25, 0.3) is 6.08 Å². The van der Waals surface area contributed by atoms with Gasteiger partial charge in [-0.15, -0.1) is 0 Å². The molecule has 0 heterocycles. The summed E-state index contributed by atoms with van der Waals surface area (Å²) in [6, 6.07) is 7.37. The molecule has 1 aromatic carbocycles. The van der Waals surface area contributed by atoms with E-state index in [4.69, 9.17) is 10.00 Å². The summed E-state index contributed by atoms with van der Waals surface area (Å²) in [4.78, 5) is 34.6. The van der Waals surface area contributed by atoms with Crippen LogP contribution >= 0.6 is 0 Å². The van der Waals surface area contributed by atoms with Gasteiger partial charge in [0.2, 0.25) is 0 Å². The summed E-state index contributed by atoms with van der Waals surface area (Å²) < 4.78 is 4.95. The number of esters is 1. The van der Waals surface area contributed by atoms with Crippen molar-refractivity contribution in [3.05, 3.63) is 45.5 Å². The molecule has 1 aromatic rings. The van der Waals surface area contributed by atoms with Gasteiger partial charge >= 0.3 is 5.97 Å². The third-order valence-electron chi connectivity index (χ3n) is 3.39. The Kier molecular flexibility index (Phi) is 8.58. The van der Waals surface area contributed by atoms with Gasteiger partial charge in [0.1, 0.15) is 12.2 Å². The van der Waals surface area contributed by atoms with E-state index in [1.54, 1.807) is 0 Å². The summed E-state index contributed by atoms with van der Waals surface area (Å²) in [7, 11) is 0. The van der Waals surface area contributed by atoms with Crippen LogP contribution in [0.3, 0.4) is 0 Å². The van der Waals surface area contributed by atoms with Crippen LogP contribution in [0.1, 0.15) is 44.6 Å². The Bertz CT molecular complexity index is 686. The zero-order chi connectivity index (χ0) is 18.7. The molecule has 0 aliphatic heterocycles. The zero-order valence-corrected chi connectivity index (χ0v) is 14.1. The van der Waals surface area contributed by atoms with Crippen molar-refractivity contribution in [2.75, 3.05) is 6.61 Å². The first-order chi connectivity index (χ1) is 12.0. The molecule has 7 heteroatoms. The van der Waals surface area contributed by atoms with E-state index in [2.05, 4.69) is 0 Å². The van der Waals surface area contributed by atoms with Gasteiger partial charge in [-0.3, -0.25) is 14.9 Å². The summed E-state index contributed by atoms with van der Waals surface area (Å²) in [5.74, 6) is -1.12. The lowest BCUT2D eigenvalue weighted by atomic mass is 10.0. The molecule has 0 saturated heterocycles. The molecule has 0 spiro atoms. The Hall–Kier alpha value is -3.01. The van der Waals surface area contributed by atoms with Crippen LogP contribution in [-0.4, -0.2) is 23.3 Å². The predicted molar refractivity (Wildman–Crippen MR) is 91.4 cm³/mol. The highest BCUT2D eigenvalue weighted by molar-refractivity contribution is 6.20. The van der Waals surface area contributed by atoms with E-state index in [0.29, 0.717) is 12.0 Å². The molecule has 0 bridgehead atoms. The van der Waals surface area contributed by atoms with Crippen molar-refractivity contribution in [1.29, 1.82) is 5.26 Å². The first-order valence-corrected chi connectivity index (χ1v) is 8.03. The van der Waals surface area contributed by atoms with Crippen molar-refractivity contribution in [3.8, 4) is 6.07 Å². The fraction of sp³-hybridized carbons (Fsp3) is 0.389. The molecule has 0 atom stereocenters. The van der Waals surface area contributed by atoms with Gasteiger partial charge in [0.25, 0.3) is 5.69 Å². The second kappa shape index (κ2) is 10.7. The average Bonchev–Trinajstić information content (AvgIpc) is 2.60. The average molecular weight is 344 g/mol. The number of hydrogen-bond donors (Lipinski definition) is 0. The molecule has 0 amide bonds. The Labute approximate surface area is 146 Å². The SMILES string of the molecule is CCCCCC(=O)/C(=C/c1ccc([N+](=O)[O-])cc1)C(=O)OCCC#N. The van der Waals surface area contributed by atoms with Crippen molar-refractivity contribution in [3.63, 3.8) is 0 Å². The summed E-state index contributed by atoms with van der Waals surface area (Å²) in [6.07, 6.45) is 4.12. The van der Waals surface area contributed by atoms with Gasteiger partial charge < -0.3 is 4.74 Å². The van der Waals surface area contributed by atoms with Gasteiger partial charge in [-0.1, -0.05) is 19.8 Å². The van der Waals surface area contributed by atoms with Crippen molar-refractivity contribution in [2.45, 2.75) is 39.0 Å². The van der Waals surface area contributed by atoms with Crippen LogP contribution in [-0.2, 0) is 14.3 Å². The number of nitro groups is 1. The Morgan fingerprint density at radius 1 is 1.28 bits per heavy atom. The highest BCUT2D eigenvalue weighted by Crippen LogP contribution is 2.17. The molecule has 132 valence electrons. The smallest absolute Gasteiger partial charge is 0.341 e. The van der Waals surface area contributed by atoms with E-state index in [1.807, 2.05) is 13.0 Å². The van der Waals surface area contributed by atoms with Gasteiger partial charge in [0, 0.05) is 18.6 Å². The van der Waals surface area contributed by atoms with Crippen molar-refractivity contribution >= 4 is 23.5 Å². The van der Waals surface area contributed by atoms with Crippen LogP contribution in [0.5, 0.6) is 0 Å². The van der Waals surface area contributed by atoms with E-state index in [0.717, 1.165) is 12.8 Å². The molecule has 0 aliphatic rings. The lowest BCUT2D eigenvalue weighted by Crippen LogP contribution is -2.16. The van der Waals surface area contributed by atoms with Gasteiger partial charge in [-0.05, 0) is 30.2 Å². The fourth-order valence-corrected chi connectivity index (χ4v) is 2.05. The first kappa shape index (κ1) is 20.0. The van der Waals surface area contributed by atoms with Crippen LogP contribution < -0.4 is 0 Å². The van der Waals surface area contributed by atoms with Crippen molar-refractivity contribution in [1.82, 2.24) is 0 Å². The molecule has 25 heavy (non-hydrogen) atoms. The van der Waals surface area contributed by atoms with E-state index < -0.39 is 10.9 Å². The van der Waals surface area contributed by atoms with Crippen LogP contribution in [0.15, 0.2) is 29.8 Å². The number of benzene rings is 1. The summed E-state index contributed by atoms with van der Waals surface area (Å²) in [5.41, 5.74) is 0.300. The van der Waals surface area contributed by atoms with Gasteiger partial charge in [-0.2, -0.15) is 5.26 Å². The third kappa shape index (κ3) is 6.96. The number of Topliss-reactive ketones (excluding diaryl/α,β-unsaturated/α-hetero) is 1. The molecule has 0 aliphatic carbocycles. The lowest BCUT2D eigenvalue weighted by molar-refractivity contribution is -0.384. The molecule has 0 N–H and O–H groups in total. The Balaban J connectivity index is 2.98. The second-order valence-corrected chi connectivity index (χ2v) is 5.33. The number of ether oxygens (including phenoxy) is 1. The molecule has 0 saturated carbocycles. The largest absolute Gasteiger partial charge is 0.461 e. The predicted octanol–water partition coefficient (Wildman–Crippen LogP) is 3.58. The van der Waals surface area contributed by atoms with Crippen molar-refractivity contribution < 1.29 is 19.2 Å². The summed E-state index contributed by atoms with van der Waals surface area (Å²) >= 11 is 0. The maximum atomic E-state index is 12.3. The Morgan fingerprint density at radius 2 is 1.96 bits per heavy atom. The lowest BCUT2D eigenvalue weighted by Gasteiger charge is -2.07. The molecule has 1 rings (SSSR count). The molecule has 7 nitrogen and oxygen atoms in total. The van der Waals surface area contributed by atoms with Crippen LogP contribution in [0.2, 0.25) is 0 Å². The van der Waals surface area contributed by atoms with Gasteiger partial charge in [-0.25, -0.2) is 4.79 Å². The number of carbonyl (C=O) groups is 2. The maximum Gasteiger partial charge on any atom is 0.341 e. The zero-order valence-electron chi connectivity index (χ0n) is 14.1. The molecule has 0 unspecified atom stereocenters. The number of non-ortho nitro benzene ring substituents is 1. The van der Waals surface area contributed by atoms with Crippen LogP contribution in [0.4, 0.5) is 5.69 Å². The monoisotopic (exact) mass is 344 g/mol. The summed E-state index contributed by atoms with van der Waals surface area (Å²) in [6.45, 7) is 1.92. The van der Waals surface area contributed by atoms with Gasteiger partial charge in [0.05, 0.1) is 17.4 Å². The number of ketones is 1. The van der Waals surface area contributed by atoms with E-state index in [-0.39, 0.29) is 36.5 Å². The fourth-order valence-electron chi connectivity index (χ4n) is 2.05. The molecule has 0 aromatic heterocycles. The quantitative estimate of drug-likeness (QED) is 0.122. The Morgan fingerprint density at radius 3 is 2.52 bits per heavy atom. The van der Waals surface area contributed by atoms with Crippen LogP contribution in [0, 0.1) is 21.4 Å². The maximum absolute atomic E-state index is 12.3. The highest BCUT2D eigenvalue weighted by atomic mass is 16.6. The molecular formula is C18H20N2O5. The minimum Gasteiger partial charge on any atom is -0.461 e. The first-order valence-electron chi connectivity index (χ1n) is 8.03. The summed E-state index contributed by atoms with van der Waals surface area (Å²) in [5, 5.41) is 19.2. The minimum atomic E-state index is -0.782. The minimum absolute atomic E-state index is 0.0422. The van der Waals surface area contributed by atoms with E-state index >= 15 is 0 Å². The number of hydrogen-bond acceptors (Lipinski definition) is 6. The second-order valence-electron chi connectivity index (χ2n) is 5.33. The molecular weight excluding hydrogens is 324 g/mol. The number of unbranched alkanes of at least 4 members (excludes halogenated alkanes) is 2. The number of nitriles is 1. The molecule has 0 radical (unpaired) electrons. The van der Waals surface area contributed by atoms with Crippen molar-refractivity contribution in [2.24, 2.45) is 0 Å². The molecule has 0 fully saturated rings. The number of rotatable bonds is 10. The highest BCUT2D eigenvalue weighted by Gasteiger charge is 2.19. The van der Waals surface area contributed by atoms with Gasteiger partial charge in [0.15, 0.2) is 5.78 Å². The third-order valence-corrected chi connectivity index (χ3v) is 3.39.